The quantitative estimate of drug-likeness (QED) is 0.925. The van der Waals surface area contributed by atoms with E-state index in [0.29, 0.717) is 23.7 Å². The van der Waals surface area contributed by atoms with Gasteiger partial charge in [0.2, 0.25) is 0 Å². The number of halogens is 2. The van der Waals surface area contributed by atoms with Crippen LogP contribution >= 0.6 is 11.6 Å². The highest BCUT2D eigenvalue weighted by Gasteiger charge is 2.10. The first-order valence-electron chi connectivity index (χ1n) is 5.46. The van der Waals surface area contributed by atoms with Crippen LogP contribution in [0.3, 0.4) is 0 Å². The van der Waals surface area contributed by atoms with Crippen LogP contribution in [0.5, 0.6) is 11.5 Å². The molecule has 3 nitrogen and oxygen atoms in total. The van der Waals surface area contributed by atoms with Gasteiger partial charge in [-0.15, -0.1) is 0 Å². The van der Waals surface area contributed by atoms with E-state index in [4.69, 9.17) is 22.1 Å². The largest absolute Gasteiger partial charge is 0.452 e. The van der Waals surface area contributed by atoms with Gasteiger partial charge >= 0.3 is 0 Å². The lowest BCUT2D eigenvalue weighted by Gasteiger charge is -2.11. The maximum Gasteiger partial charge on any atom is 0.166 e. The monoisotopic (exact) mass is 266 g/mol. The second kappa shape index (κ2) is 5.80. The maximum atomic E-state index is 13.7. The lowest BCUT2D eigenvalue weighted by atomic mass is 10.1. The summed E-state index contributed by atoms with van der Waals surface area (Å²) in [4.78, 5) is 3.88. The molecule has 1 heterocycles. The molecule has 0 aliphatic rings. The van der Waals surface area contributed by atoms with Crippen LogP contribution < -0.4 is 10.5 Å². The van der Waals surface area contributed by atoms with Crippen LogP contribution in [0.2, 0.25) is 5.02 Å². The molecule has 5 heteroatoms. The van der Waals surface area contributed by atoms with Crippen molar-refractivity contribution in [3.8, 4) is 11.5 Å². The van der Waals surface area contributed by atoms with Gasteiger partial charge in [-0.05, 0) is 24.6 Å². The number of ether oxygens (including phenoxy) is 1. The molecule has 0 unspecified atom stereocenters. The van der Waals surface area contributed by atoms with Crippen LogP contribution in [-0.2, 0) is 6.42 Å². The van der Waals surface area contributed by atoms with Gasteiger partial charge in [-0.25, -0.2) is 4.39 Å². The molecule has 0 amide bonds. The summed E-state index contributed by atoms with van der Waals surface area (Å²) in [5.41, 5.74) is 6.21. The zero-order chi connectivity index (χ0) is 13.0. The molecule has 2 N–H and O–H groups in total. The molecule has 18 heavy (non-hydrogen) atoms. The minimum Gasteiger partial charge on any atom is -0.452 e. The van der Waals surface area contributed by atoms with Gasteiger partial charge in [0.25, 0.3) is 0 Å². The lowest BCUT2D eigenvalue weighted by molar-refractivity contribution is 0.434. The fraction of sp³-hybridized carbons (Fsp3) is 0.154. The summed E-state index contributed by atoms with van der Waals surface area (Å²) >= 11 is 5.80. The Morgan fingerprint density at radius 3 is 2.89 bits per heavy atom. The Labute approximate surface area is 109 Å². The predicted molar refractivity (Wildman–Crippen MR) is 68.5 cm³/mol. The number of para-hydroxylation sites is 1. The third-order valence-electron chi connectivity index (χ3n) is 2.36. The Morgan fingerprint density at radius 1 is 1.33 bits per heavy atom. The summed E-state index contributed by atoms with van der Waals surface area (Å²) < 4.78 is 19.2. The van der Waals surface area contributed by atoms with Crippen molar-refractivity contribution in [2.24, 2.45) is 5.73 Å². The lowest BCUT2D eigenvalue weighted by Crippen LogP contribution is -2.05. The number of aromatic nitrogens is 1. The van der Waals surface area contributed by atoms with E-state index < -0.39 is 5.82 Å². The summed E-state index contributed by atoms with van der Waals surface area (Å²) in [6.45, 7) is 0.424. The van der Waals surface area contributed by atoms with Gasteiger partial charge in [-0.3, -0.25) is 4.98 Å². The van der Waals surface area contributed by atoms with Crippen LogP contribution in [0.4, 0.5) is 4.39 Å². The Kier molecular flexibility index (Phi) is 4.12. The summed E-state index contributed by atoms with van der Waals surface area (Å²) in [5.74, 6) is 0.138. The summed E-state index contributed by atoms with van der Waals surface area (Å²) in [6.07, 6.45) is 3.50. The topological polar surface area (TPSA) is 48.1 Å². The standard InChI is InChI=1S/C13H12ClFN2O/c14-10-6-11(8-17-7-10)18-13-9(4-5-16)2-1-3-12(13)15/h1-3,6-8H,4-5,16H2. The SMILES string of the molecule is NCCc1cccc(F)c1Oc1cncc(Cl)c1. The third-order valence-corrected chi connectivity index (χ3v) is 2.57. The summed E-state index contributed by atoms with van der Waals surface area (Å²) in [5, 5.41) is 0.434. The van der Waals surface area contributed by atoms with Gasteiger partial charge in [0.15, 0.2) is 11.6 Å². The van der Waals surface area contributed by atoms with Crippen LogP contribution in [0.15, 0.2) is 36.7 Å². The van der Waals surface area contributed by atoms with E-state index >= 15 is 0 Å². The first kappa shape index (κ1) is 12.8. The van der Waals surface area contributed by atoms with E-state index in [9.17, 15) is 4.39 Å². The van der Waals surface area contributed by atoms with E-state index in [1.807, 2.05) is 0 Å². The number of rotatable bonds is 4. The van der Waals surface area contributed by atoms with Crippen molar-refractivity contribution in [2.45, 2.75) is 6.42 Å². The van der Waals surface area contributed by atoms with Crippen molar-refractivity contribution in [1.82, 2.24) is 4.98 Å². The average molecular weight is 267 g/mol. The van der Waals surface area contributed by atoms with Gasteiger partial charge in [0.05, 0.1) is 11.2 Å². The number of hydrogen-bond donors (Lipinski definition) is 1. The van der Waals surface area contributed by atoms with Gasteiger partial charge in [0.1, 0.15) is 5.75 Å². The molecular weight excluding hydrogens is 255 g/mol. The van der Waals surface area contributed by atoms with Crippen LogP contribution in [0.25, 0.3) is 0 Å². The zero-order valence-corrected chi connectivity index (χ0v) is 10.3. The number of benzene rings is 1. The summed E-state index contributed by atoms with van der Waals surface area (Å²) in [6, 6.07) is 6.33. The number of nitrogens with zero attached hydrogens (tertiary/aromatic N) is 1. The molecule has 2 aromatic rings. The van der Waals surface area contributed by atoms with E-state index in [0.717, 1.165) is 5.56 Å². The minimum absolute atomic E-state index is 0.173. The highest BCUT2D eigenvalue weighted by Crippen LogP contribution is 2.29. The minimum atomic E-state index is -0.430. The van der Waals surface area contributed by atoms with E-state index in [2.05, 4.69) is 4.98 Å². The van der Waals surface area contributed by atoms with E-state index in [1.54, 1.807) is 18.2 Å². The van der Waals surface area contributed by atoms with Gasteiger partial charge in [-0.1, -0.05) is 23.7 Å². The smallest absolute Gasteiger partial charge is 0.166 e. The fourth-order valence-corrected chi connectivity index (χ4v) is 1.75. The zero-order valence-electron chi connectivity index (χ0n) is 9.57. The molecule has 1 aromatic heterocycles. The second-order valence-electron chi connectivity index (χ2n) is 3.71. The third kappa shape index (κ3) is 2.97. The molecule has 0 aliphatic heterocycles. The van der Waals surface area contributed by atoms with E-state index in [1.165, 1.54) is 18.5 Å². The Balaban J connectivity index is 2.33. The maximum absolute atomic E-state index is 13.7. The van der Waals surface area contributed by atoms with Gasteiger partial charge < -0.3 is 10.5 Å². The van der Waals surface area contributed by atoms with Gasteiger partial charge in [-0.2, -0.15) is 0 Å². The molecule has 0 radical (unpaired) electrons. The van der Waals surface area contributed by atoms with Crippen LogP contribution in [-0.4, -0.2) is 11.5 Å². The molecule has 1 aromatic carbocycles. The van der Waals surface area contributed by atoms with Crippen molar-refractivity contribution in [1.29, 1.82) is 0 Å². The molecule has 0 atom stereocenters. The molecule has 0 fully saturated rings. The Bertz CT molecular complexity index is 548. The number of hydrogen-bond acceptors (Lipinski definition) is 3. The Morgan fingerprint density at radius 2 is 2.17 bits per heavy atom. The summed E-state index contributed by atoms with van der Waals surface area (Å²) in [7, 11) is 0. The van der Waals surface area contributed by atoms with Crippen molar-refractivity contribution < 1.29 is 9.13 Å². The molecule has 0 aliphatic carbocycles. The van der Waals surface area contributed by atoms with Crippen LogP contribution in [0.1, 0.15) is 5.56 Å². The van der Waals surface area contributed by atoms with Crippen molar-refractivity contribution >= 4 is 11.6 Å². The predicted octanol–water partition coefficient (Wildman–Crippen LogP) is 3.17. The van der Waals surface area contributed by atoms with Crippen molar-refractivity contribution in [3.05, 3.63) is 53.1 Å². The molecule has 0 saturated heterocycles. The van der Waals surface area contributed by atoms with Crippen LogP contribution in [0, 0.1) is 5.82 Å². The highest BCUT2D eigenvalue weighted by molar-refractivity contribution is 6.30. The molecule has 0 spiro atoms. The normalized spacial score (nSPS) is 10.4. The molecule has 94 valence electrons. The average Bonchev–Trinajstić information content (AvgIpc) is 2.34. The Hall–Kier alpha value is -1.65. The van der Waals surface area contributed by atoms with Crippen molar-refractivity contribution in [2.75, 3.05) is 6.54 Å². The molecule has 2 rings (SSSR count). The molecule has 0 bridgehead atoms. The van der Waals surface area contributed by atoms with E-state index in [-0.39, 0.29) is 5.75 Å². The van der Waals surface area contributed by atoms with Crippen molar-refractivity contribution in [3.63, 3.8) is 0 Å². The molecular formula is C13H12ClFN2O. The number of pyridine rings is 1. The fourth-order valence-electron chi connectivity index (χ4n) is 1.59. The highest BCUT2D eigenvalue weighted by atomic mass is 35.5. The van der Waals surface area contributed by atoms with Gasteiger partial charge in [0, 0.05) is 12.3 Å². The second-order valence-corrected chi connectivity index (χ2v) is 4.14. The first-order chi connectivity index (χ1) is 8.70. The molecule has 0 saturated carbocycles. The number of nitrogens with two attached hydrogens (primary N) is 1. The first-order valence-corrected chi connectivity index (χ1v) is 5.84.